The molecule has 0 fully saturated rings. The number of hydrogen-bond donors (Lipinski definition) is 0. The molecule has 1 aromatic rings. The molecule has 1 unspecified atom stereocenters. The second-order valence-electron chi connectivity index (χ2n) is 4.04. The van der Waals surface area contributed by atoms with E-state index in [0.29, 0.717) is 5.92 Å². The fraction of sp³-hybridized carbons (Fsp3) is 0.429. The Morgan fingerprint density at radius 2 is 2.00 bits per heavy atom. The van der Waals surface area contributed by atoms with Gasteiger partial charge < -0.3 is 0 Å². The maximum atomic E-state index is 5.26. The van der Waals surface area contributed by atoms with Crippen LogP contribution in [0.4, 0.5) is 0 Å². The van der Waals surface area contributed by atoms with Gasteiger partial charge in [-0.15, -0.1) is 6.42 Å². The number of hydrogen-bond acceptors (Lipinski definition) is 1. The monoisotopic (exact) mass is 201 g/mol. The molecule has 1 atom stereocenters. The van der Waals surface area contributed by atoms with Crippen LogP contribution in [-0.4, -0.2) is 25.0 Å². The van der Waals surface area contributed by atoms with E-state index in [-0.39, 0.29) is 0 Å². The van der Waals surface area contributed by atoms with E-state index in [9.17, 15) is 0 Å². The van der Waals surface area contributed by atoms with Gasteiger partial charge in [0.05, 0.1) is 6.54 Å². The normalized spacial score (nSPS) is 12.4. The lowest BCUT2D eigenvalue weighted by atomic mass is 9.98. The standard InChI is InChI=1S/C14H19N/c1-4-11-15(3)12-10-13(2)14-8-6-5-7-9-14/h1,5-9,13H,10-12H2,2-3H3. The van der Waals surface area contributed by atoms with Gasteiger partial charge in [-0.3, -0.25) is 4.90 Å². The first-order valence-corrected chi connectivity index (χ1v) is 5.41. The van der Waals surface area contributed by atoms with E-state index in [4.69, 9.17) is 6.42 Å². The average Bonchev–Trinajstić information content (AvgIpc) is 2.27. The molecule has 1 heteroatoms. The van der Waals surface area contributed by atoms with Crippen molar-refractivity contribution < 1.29 is 0 Å². The van der Waals surface area contributed by atoms with Crippen LogP contribution in [0, 0.1) is 12.3 Å². The second kappa shape index (κ2) is 6.27. The van der Waals surface area contributed by atoms with Crippen molar-refractivity contribution >= 4 is 0 Å². The first-order valence-electron chi connectivity index (χ1n) is 5.41. The van der Waals surface area contributed by atoms with Gasteiger partial charge in [0.15, 0.2) is 0 Å². The zero-order valence-electron chi connectivity index (χ0n) is 9.61. The van der Waals surface area contributed by atoms with Crippen LogP contribution in [0.25, 0.3) is 0 Å². The Morgan fingerprint density at radius 1 is 1.33 bits per heavy atom. The van der Waals surface area contributed by atoms with Gasteiger partial charge in [0.2, 0.25) is 0 Å². The number of terminal acetylenes is 1. The Morgan fingerprint density at radius 3 is 2.60 bits per heavy atom. The van der Waals surface area contributed by atoms with Gasteiger partial charge in [-0.1, -0.05) is 43.2 Å². The van der Waals surface area contributed by atoms with Gasteiger partial charge in [-0.05, 0) is 31.5 Å². The SMILES string of the molecule is C#CCN(C)CCC(C)c1ccccc1. The van der Waals surface area contributed by atoms with Gasteiger partial charge >= 0.3 is 0 Å². The molecule has 0 N–H and O–H groups in total. The maximum Gasteiger partial charge on any atom is 0.0596 e. The van der Waals surface area contributed by atoms with Crippen molar-refractivity contribution in [3.8, 4) is 12.3 Å². The summed E-state index contributed by atoms with van der Waals surface area (Å²) in [7, 11) is 2.07. The van der Waals surface area contributed by atoms with E-state index in [2.05, 4.69) is 55.1 Å². The Balaban J connectivity index is 2.37. The molecule has 1 aromatic carbocycles. The molecule has 0 amide bonds. The largest absolute Gasteiger partial charge is 0.295 e. The highest BCUT2D eigenvalue weighted by atomic mass is 15.1. The topological polar surface area (TPSA) is 3.24 Å². The van der Waals surface area contributed by atoms with Crippen molar-refractivity contribution in [3.63, 3.8) is 0 Å². The van der Waals surface area contributed by atoms with Crippen LogP contribution >= 0.6 is 0 Å². The highest BCUT2D eigenvalue weighted by Gasteiger charge is 2.05. The van der Waals surface area contributed by atoms with Gasteiger partial charge in [0.25, 0.3) is 0 Å². The lowest BCUT2D eigenvalue weighted by molar-refractivity contribution is 0.357. The minimum Gasteiger partial charge on any atom is -0.295 e. The molecule has 80 valence electrons. The number of benzene rings is 1. The molecule has 0 aromatic heterocycles. The summed E-state index contributed by atoms with van der Waals surface area (Å²) in [5.41, 5.74) is 1.41. The summed E-state index contributed by atoms with van der Waals surface area (Å²) in [4.78, 5) is 2.18. The van der Waals surface area contributed by atoms with Crippen LogP contribution in [0.5, 0.6) is 0 Å². The number of nitrogens with zero attached hydrogens (tertiary/aromatic N) is 1. The predicted molar refractivity (Wildman–Crippen MR) is 65.8 cm³/mol. The zero-order valence-corrected chi connectivity index (χ0v) is 9.61. The maximum absolute atomic E-state index is 5.26. The minimum absolute atomic E-state index is 0.603. The van der Waals surface area contributed by atoms with Crippen LogP contribution in [0.3, 0.4) is 0 Å². The van der Waals surface area contributed by atoms with Crippen LogP contribution in [0.2, 0.25) is 0 Å². The number of rotatable bonds is 5. The lowest BCUT2D eigenvalue weighted by Gasteiger charge is -2.17. The van der Waals surface area contributed by atoms with Crippen LogP contribution in [0.1, 0.15) is 24.8 Å². The molecule has 0 aliphatic carbocycles. The summed E-state index contributed by atoms with van der Waals surface area (Å²) in [5.74, 6) is 3.26. The molecule has 0 heterocycles. The van der Waals surface area contributed by atoms with E-state index in [1.807, 2.05) is 0 Å². The molecular weight excluding hydrogens is 182 g/mol. The Kier molecular flexibility index (Phi) is 4.93. The Hall–Kier alpha value is -1.26. The molecule has 0 saturated carbocycles. The van der Waals surface area contributed by atoms with Crippen molar-refractivity contribution in [1.29, 1.82) is 0 Å². The predicted octanol–water partition coefficient (Wildman–Crippen LogP) is 2.75. The van der Waals surface area contributed by atoms with Gasteiger partial charge in [0.1, 0.15) is 0 Å². The Labute approximate surface area is 93.1 Å². The molecule has 0 aliphatic rings. The van der Waals surface area contributed by atoms with E-state index < -0.39 is 0 Å². The molecular formula is C14H19N. The minimum atomic E-state index is 0.603. The summed E-state index contributed by atoms with van der Waals surface area (Å²) in [6.07, 6.45) is 6.41. The van der Waals surface area contributed by atoms with Crippen LogP contribution in [-0.2, 0) is 0 Å². The summed E-state index contributed by atoms with van der Waals surface area (Å²) in [6, 6.07) is 10.6. The molecule has 1 rings (SSSR count). The van der Waals surface area contributed by atoms with Gasteiger partial charge in [0, 0.05) is 0 Å². The molecule has 1 nitrogen and oxygen atoms in total. The summed E-state index contributed by atoms with van der Waals surface area (Å²) < 4.78 is 0. The average molecular weight is 201 g/mol. The molecule has 0 radical (unpaired) electrons. The zero-order chi connectivity index (χ0) is 11.1. The van der Waals surface area contributed by atoms with Crippen molar-refractivity contribution in [3.05, 3.63) is 35.9 Å². The fourth-order valence-electron chi connectivity index (χ4n) is 1.60. The first-order chi connectivity index (χ1) is 7.24. The summed E-state index contributed by atoms with van der Waals surface area (Å²) >= 11 is 0. The quantitative estimate of drug-likeness (QED) is 0.662. The third kappa shape index (κ3) is 4.18. The van der Waals surface area contributed by atoms with Crippen molar-refractivity contribution in [2.24, 2.45) is 0 Å². The van der Waals surface area contributed by atoms with Crippen LogP contribution < -0.4 is 0 Å². The summed E-state index contributed by atoms with van der Waals surface area (Å²) in [5, 5.41) is 0. The second-order valence-corrected chi connectivity index (χ2v) is 4.04. The molecule has 15 heavy (non-hydrogen) atoms. The fourth-order valence-corrected chi connectivity index (χ4v) is 1.60. The third-order valence-electron chi connectivity index (χ3n) is 2.67. The van der Waals surface area contributed by atoms with Gasteiger partial charge in [-0.2, -0.15) is 0 Å². The Bertz CT molecular complexity index is 310. The van der Waals surface area contributed by atoms with Crippen LogP contribution in [0.15, 0.2) is 30.3 Å². The molecule has 0 spiro atoms. The van der Waals surface area contributed by atoms with Crippen molar-refractivity contribution in [1.82, 2.24) is 4.90 Å². The smallest absolute Gasteiger partial charge is 0.0596 e. The molecule has 0 aliphatic heterocycles. The third-order valence-corrected chi connectivity index (χ3v) is 2.67. The van der Waals surface area contributed by atoms with E-state index in [0.717, 1.165) is 19.5 Å². The van der Waals surface area contributed by atoms with E-state index in [1.54, 1.807) is 0 Å². The summed E-state index contributed by atoms with van der Waals surface area (Å²) in [6.45, 7) is 4.06. The van der Waals surface area contributed by atoms with Gasteiger partial charge in [-0.25, -0.2) is 0 Å². The van der Waals surface area contributed by atoms with Crippen molar-refractivity contribution in [2.45, 2.75) is 19.3 Å². The van der Waals surface area contributed by atoms with E-state index in [1.165, 1.54) is 5.56 Å². The molecule has 0 saturated heterocycles. The first kappa shape index (κ1) is 11.8. The van der Waals surface area contributed by atoms with E-state index >= 15 is 0 Å². The van der Waals surface area contributed by atoms with Crippen molar-refractivity contribution in [2.75, 3.05) is 20.1 Å². The highest BCUT2D eigenvalue weighted by Crippen LogP contribution is 2.18. The lowest BCUT2D eigenvalue weighted by Crippen LogP contribution is -2.21. The molecule has 0 bridgehead atoms. The highest BCUT2D eigenvalue weighted by molar-refractivity contribution is 5.18.